The smallest absolute Gasteiger partial charge is 0.0412 e. The molecule has 1 nitrogen and oxygen atoms in total. The fourth-order valence-corrected chi connectivity index (χ4v) is 3.61. The van der Waals surface area contributed by atoms with E-state index in [0.29, 0.717) is 6.04 Å². The highest BCUT2D eigenvalue weighted by atomic mass is 79.9. The molecule has 1 atom stereocenters. The molecule has 0 amide bonds. The highest BCUT2D eigenvalue weighted by molar-refractivity contribution is 9.10. The Kier molecular flexibility index (Phi) is 5.20. The fraction of sp³-hybridized carbons (Fsp3) is 0.375. The van der Waals surface area contributed by atoms with Gasteiger partial charge in [-0.25, -0.2) is 0 Å². The molecular weight excluding hydrogens is 318 g/mol. The van der Waals surface area contributed by atoms with E-state index in [1.54, 1.807) is 0 Å². The fourth-order valence-electron chi connectivity index (χ4n) is 2.21. The van der Waals surface area contributed by atoms with E-state index in [9.17, 15) is 0 Å². The molecule has 1 heterocycles. The van der Waals surface area contributed by atoms with Crippen molar-refractivity contribution >= 4 is 27.3 Å². The van der Waals surface area contributed by atoms with Crippen LogP contribution in [0.15, 0.2) is 34.8 Å². The largest absolute Gasteiger partial charge is 0.312 e. The van der Waals surface area contributed by atoms with Gasteiger partial charge < -0.3 is 5.32 Å². The number of thiophene rings is 1. The maximum Gasteiger partial charge on any atom is 0.0412 e. The third kappa shape index (κ3) is 3.47. The molecule has 0 saturated heterocycles. The molecule has 1 unspecified atom stereocenters. The molecular formula is C16H20BrNS. The molecule has 1 aromatic carbocycles. The number of hydrogen-bond acceptors (Lipinski definition) is 2. The second-order valence-corrected chi connectivity index (χ2v) is 6.77. The van der Waals surface area contributed by atoms with Gasteiger partial charge in [-0.1, -0.05) is 35.3 Å². The Labute approximate surface area is 128 Å². The number of benzene rings is 1. The highest BCUT2D eigenvalue weighted by Gasteiger charge is 2.12. The van der Waals surface area contributed by atoms with E-state index >= 15 is 0 Å². The van der Waals surface area contributed by atoms with Gasteiger partial charge in [0.15, 0.2) is 0 Å². The molecule has 0 aliphatic carbocycles. The maximum atomic E-state index is 3.56. The van der Waals surface area contributed by atoms with Gasteiger partial charge in [0.1, 0.15) is 0 Å². The summed E-state index contributed by atoms with van der Waals surface area (Å²) in [7, 11) is 2.05. The second-order valence-electron chi connectivity index (χ2n) is 4.80. The summed E-state index contributed by atoms with van der Waals surface area (Å²) >= 11 is 5.45. The standard InChI is InChI=1S/C16H20BrNS/c1-4-5-14(18-3)16-9-8-15(19-16)12-6-7-13(17)11(2)10-12/h6-10,14,18H,4-5H2,1-3H3. The predicted molar refractivity (Wildman–Crippen MR) is 88.9 cm³/mol. The third-order valence-corrected chi connectivity index (χ3v) is 5.48. The molecule has 1 N–H and O–H groups in total. The first-order valence-electron chi connectivity index (χ1n) is 6.69. The Hall–Kier alpha value is -0.640. The van der Waals surface area contributed by atoms with Crippen LogP contribution in [0.5, 0.6) is 0 Å². The van der Waals surface area contributed by atoms with Crippen LogP contribution >= 0.6 is 27.3 Å². The Bertz CT molecular complexity index is 547. The third-order valence-electron chi connectivity index (χ3n) is 3.34. The number of aryl methyl sites for hydroxylation is 1. The minimum absolute atomic E-state index is 0.486. The topological polar surface area (TPSA) is 12.0 Å². The number of hydrogen-bond donors (Lipinski definition) is 1. The molecule has 0 saturated carbocycles. The number of nitrogens with one attached hydrogen (secondary N) is 1. The summed E-state index contributed by atoms with van der Waals surface area (Å²) in [6, 6.07) is 11.5. The highest BCUT2D eigenvalue weighted by Crippen LogP contribution is 2.34. The summed E-state index contributed by atoms with van der Waals surface area (Å²) in [5.74, 6) is 0. The van der Waals surface area contributed by atoms with Crippen molar-refractivity contribution in [3.8, 4) is 10.4 Å². The van der Waals surface area contributed by atoms with Gasteiger partial charge in [0.05, 0.1) is 0 Å². The van der Waals surface area contributed by atoms with Gasteiger partial charge in [0.2, 0.25) is 0 Å². The normalized spacial score (nSPS) is 12.6. The number of rotatable bonds is 5. The van der Waals surface area contributed by atoms with Crippen LogP contribution in [0.1, 0.15) is 36.2 Å². The van der Waals surface area contributed by atoms with Crippen LogP contribution in [-0.2, 0) is 0 Å². The van der Waals surface area contributed by atoms with Gasteiger partial charge in [-0.2, -0.15) is 0 Å². The van der Waals surface area contributed by atoms with E-state index in [-0.39, 0.29) is 0 Å². The van der Waals surface area contributed by atoms with Crippen molar-refractivity contribution in [3.05, 3.63) is 45.2 Å². The molecule has 2 aromatic rings. The Morgan fingerprint density at radius 2 is 2.05 bits per heavy atom. The van der Waals surface area contributed by atoms with Crippen LogP contribution in [-0.4, -0.2) is 7.05 Å². The van der Waals surface area contributed by atoms with Crippen LogP contribution in [0.25, 0.3) is 10.4 Å². The lowest BCUT2D eigenvalue weighted by Gasteiger charge is -2.12. The molecule has 0 bridgehead atoms. The zero-order chi connectivity index (χ0) is 13.8. The van der Waals surface area contributed by atoms with Crippen LogP contribution in [0.4, 0.5) is 0 Å². The molecule has 1 aromatic heterocycles. The van der Waals surface area contributed by atoms with E-state index in [1.165, 1.54) is 38.2 Å². The second kappa shape index (κ2) is 6.69. The van der Waals surface area contributed by atoms with Crippen molar-refractivity contribution in [2.24, 2.45) is 0 Å². The van der Waals surface area contributed by atoms with Crippen molar-refractivity contribution in [1.29, 1.82) is 0 Å². The zero-order valence-electron chi connectivity index (χ0n) is 11.7. The lowest BCUT2D eigenvalue weighted by molar-refractivity contribution is 0.550. The average Bonchev–Trinajstić information content (AvgIpc) is 2.88. The van der Waals surface area contributed by atoms with Crippen LogP contribution in [0.3, 0.4) is 0 Å². The minimum Gasteiger partial charge on any atom is -0.312 e. The lowest BCUT2D eigenvalue weighted by Crippen LogP contribution is -2.14. The van der Waals surface area contributed by atoms with Crippen molar-refractivity contribution in [3.63, 3.8) is 0 Å². The first kappa shape index (κ1) is 14.8. The molecule has 102 valence electrons. The molecule has 2 rings (SSSR count). The molecule has 0 radical (unpaired) electrons. The zero-order valence-corrected chi connectivity index (χ0v) is 14.1. The first-order valence-corrected chi connectivity index (χ1v) is 8.30. The maximum absolute atomic E-state index is 3.56. The van der Waals surface area contributed by atoms with E-state index in [4.69, 9.17) is 0 Å². The Balaban J connectivity index is 2.27. The average molecular weight is 338 g/mol. The van der Waals surface area contributed by atoms with Crippen LogP contribution in [0, 0.1) is 6.92 Å². The van der Waals surface area contributed by atoms with Gasteiger partial charge in [-0.05, 0) is 55.8 Å². The Morgan fingerprint density at radius 1 is 1.26 bits per heavy atom. The summed E-state index contributed by atoms with van der Waals surface area (Å²) in [6.07, 6.45) is 2.39. The van der Waals surface area contributed by atoms with Gasteiger partial charge in [0.25, 0.3) is 0 Å². The molecule has 0 fully saturated rings. The summed E-state index contributed by atoms with van der Waals surface area (Å²) in [4.78, 5) is 2.78. The quantitative estimate of drug-likeness (QED) is 0.754. The molecule has 19 heavy (non-hydrogen) atoms. The molecule has 0 aliphatic heterocycles. The van der Waals surface area contributed by atoms with Crippen molar-refractivity contribution in [1.82, 2.24) is 5.32 Å². The van der Waals surface area contributed by atoms with Gasteiger partial charge in [0, 0.05) is 20.3 Å². The Morgan fingerprint density at radius 3 is 2.68 bits per heavy atom. The van der Waals surface area contributed by atoms with E-state index in [1.807, 2.05) is 18.4 Å². The first-order chi connectivity index (χ1) is 9.15. The van der Waals surface area contributed by atoms with Gasteiger partial charge in [-0.15, -0.1) is 11.3 Å². The summed E-state index contributed by atoms with van der Waals surface area (Å²) in [5, 5.41) is 3.41. The predicted octanol–water partition coefficient (Wildman–Crippen LogP) is 5.55. The summed E-state index contributed by atoms with van der Waals surface area (Å²) < 4.78 is 1.17. The summed E-state index contributed by atoms with van der Waals surface area (Å²) in [6.45, 7) is 4.37. The minimum atomic E-state index is 0.486. The van der Waals surface area contributed by atoms with Crippen molar-refractivity contribution in [2.75, 3.05) is 7.05 Å². The van der Waals surface area contributed by atoms with Crippen molar-refractivity contribution < 1.29 is 0 Å². The van der Waals surface area contributed by atoms with E-state index in [0.717, 1.165) is 0 Å². The number of halogens is 1. The molecule has 0 aliphatic rings. The molecule has 3 heteroatoms. The van der Waals surface area contributed by atoms with Crippen LogP contribution in [0.2, 0.25) is 0 Å². The van der Waals surface area contributed by atoms with Crippen LogP contribution < -0.4 is 5.32 Å². The van der Waals surface area contributed by atoms with E-state index in [2.05, 4.69) is 65.4 Å². The van der Waals surface area contributed by atoms with E-state index < -0.39 is 0 Å². The monoisotopic (exact) mass is 337 g/mol. The van der Waals surface area contributed by atoms with Gasteiger partial charge >= 0.3 is 0 Å². The lowest BCUT2D eigenvalue weighted by atomic mass is 10.1. The van der Waals surface area contributed by atoms with Crippen molar-refractivity contribution in [2.45, 2.75) is 32.7 Å². The molecule has 0 spiro atoms. The summed E-state index contributed by atoms with van der Waals surface area (Å²) in [5.41, 5.74) is 2.59. The SMILES string of the molecule is CCCC(NC)c1ccc(-c2ccc(Br)c(C)c2)s1. The van der Waals surface area contributed by atoms with Gasteiger partial charge in [-0.3, -0.25) is 0 Å².